The molecule has 1 heterocycles. The first-order valence-corrected chi connectivity index (χ1v) is 6.46. The molecule has 5 nitrogen and oxygen atoms in total. The van der Waals surface area contributed by atoms with E-state index in [9.17, 15) is 9.18 Å². The Morgan fingerprint density at radius 1 is 1.40 bits per heavy atom. The molecule has 1 aromatic heterocycles. The van der Waals surface area contributed by atoms with Gasteiger partial charge in [-0.3, -0.25) is 4.79 Å². The zero-order valence-electron chi connectivity index (χ0n) is 11.0. The van der Waals surface area contributed by atoms with Gasteiger partial charge < -0.3 is 9.84 Å². The van der Waals surface area contributed by atoms with Gasteiger partial charge in [-0.25, -0.2) is 4.39 Å². The number of halogens is 1. The molecule has 1 aromatic carbocycles. The maximum atomic E-state index is 12.9. The number of carbonyl (C=O) groups is 1. The fourth-order valence-electron chi connectivity index (χ4n) is 2.27. The lowest BCUT2D eigenvalue weighted by atomic mass is 10.1. The van der Waals surface area contributed by atoms with Crippen molar-refractivity contribution in [3.8, 4) is 0 Å². The second-order valence-corrected chi connectivity index (χ2v) is 4.90. The lowest BCUT2D eigenvalue weighted by Gasteiger charge is -1.97. The molecule has 1 fully saturated rings. The molecule has 1 aliphatic rings. The quantitative estimate of drug-likeness (QED) is 0.923. The molecule has 0 spiro atoms. The molecule has 1 N–H and O–H groups in total. The normalized spacial score (nSPS) is 20.7. The third-order valence-electron chi connectivity index (χ3n) is 3.49. The highest BCUT2D eigenvalue weighted by atomic mass is 19.1. The zero-order chi connectivity index (χ0) is 14.1. The lowest BCUT2D eigenvalue weighted by molar-refractivity contribution is -0.120. The van der Waals surface area contributed by atoms with Gasteiger partial charge in [-0.15, -0.1) is 0 Å². The number of hydrogen-bond donors (Lipinski definition) is 1. The summed E-state index contributed by atoms with van der Waals surface area (Å²) in [5.41, 5.74) is 1.07. The number of hydrogen-bond acceptors (Lipinski definition) is 4. The fraction of sp³-hybridized carbons (Fsp3) is 0.357. The van der Waals surface area contributed by atoms with Crippen LogP contribution in [0.3, 0.4) is 0 Å². The first kappa shape index (κ1) is 12.8. The number of nitrogens with one attached hydrogen (secondary N) is 1. The Morgan fingerprint density at radius 3 is 2.85 bits per heavy atom. The van der Waals surface area contributed by atoms with Crippen LogP contribution in [0.15, 0.2) is 28.8 Å². The van der Waals surface area contributed by atoms with E-state index in [1.54, 1.807) is 19.2 Å². The zero-order valence-corrected chi connectivity index (χ0v) is 11.0. The molecule has 3 rings (SSSR count). The summed E-state index contributed by atoms with van der Waals surface area (Å²) in [6.07, 6.45) is 1.03. The van der Waals surface area contributed by atoms with Crippen molar-refractivity contribution in [2.45, 2.75) is 24.7 Å². The maximum Gasteiger partial charge on any atom is 0.230 e. The van der Waals surface area contributed by atoms with Gasteiger partial charge in [0.2, 0.25) is 11.8 Å². The van der Waals surface area contributed by atoms with Crippen LogP contribution in [0.1, 0.15) is 35.5 Å². The van der Waals surface area contributed by atoms with Crippen LogP contribution in [-0.4, -0.2) is 23.1 Å². The van der Waals surface area contributed by atoms with Crippen molar-refractivity contribution in [3.63, 3.8) is 0 Å². The molecule has 2 atom stereocenters. The van der Waals surface area contributed by atoms with E-state index >= 15 is 0 Å². The van der Waals surface area contributed by atoms with E-state index in [2.05, 4.69) is 15.5 Å². The Kier molecular flexibility index (Phi) is 3.22. The van der Waals surface area contributed by atoms with Gasteiger partial charge in [-0.05, 0) is 30.0 Å². The summed E-state index contributed by atoms with van der Waals surface area (Å²) in [6, 6.07) is 6.47. The highest BCUT2D eigenvalue weighted by Gasteiger charge is 2.43. The van der Waals surface area contributed by atoms with E-state index in [1.165, 1.54) is 12.1 Å². The van der Waals surface area contributed by atoms with Gasteiger partial charge in [0.15, 0.2) is 5.82 Å². The monoisotopic (exact) mass is 275 g/mol. The maximum absolute atomic E-state index is 12.9. The minimum absolute atomic E-state index is 0.119. The molecule has 1 aliphatic carbocycles. The average Bonchev–Trinajstić information content (AvgIpc) is 3.12. The summed E-state index contributed by atoms with van der Waals surface area (Å²) in [7, 11) is 1.56. The Bertz CT molecular complexity index is 624. The predicted octanol–water partition coefficient (Wildman–Crippen LogP) is 1.77. The van der Waals surface area contributed by atoms with E-state index in [0.717, 1.165) is 12.0 Å². The molecule has 0 unspecified atom stereocenters. The molecule has 0 radical (unpaired) electrons. The number of benzene rings is 1. The van der Waals surface area contributed by atoms with Crippen LogP contribution in [0.5, 0.6) is 0 Å². The van der Waals surface area contributed by atoms with Crippen LogP contribution in [-0.2, 0) is 11.2 Å². The fourth-order valence-corrected chi connectivity index (χ4v) is 2.27. The van der Waals surface area contributed by atoms with Gasteiger partial charge in [0.05, 0.1) is 6.42 Å². The topological polar surface area (TPSA) is 68.0 Å². The molecule has 20 heavy (non-hydrogen) atoms. The van der Waals surface area contributed by atoms with Crippen LogP contribution in [0.25, 0.3) is 0 Å². The van der Waals surface area contributed by atoms with Gasteiger partial charge in [-0.2, -0.15) is 4.98 Å². The number of carbonyl (C=O) groups excluding carboxylic acids is 1. The molecule has 2 aromatic rings. The summed E-state index contributed by atoms with van der Waals surface area (Å²) in [5, 5.41) is 6.31. The largest absolute Gasteiger partial charge is 0.359 e. The number of amides is 1. The van der Waals surface area contributed by atoms with Crippen molar-refractivity contribution in [2.75, 3.05) is 7.05 Å². The molecule has 0 bridgehead atoms. The first-order chi connectivity index (χ1) is 9.67. The minimum Gasteiger partial charge on any atom is -0.359 e. The Balaban J connectivity index is 1.67. The van der Waals surface area contributed by atoms with Crippen molar-refractivity contribution in [1.82, 2.24) is 15.5 Å². The summed E-state index contributed by atoms with van der Waals surface area (Å²) in [6.45, 7) is 0. The van der Waals surface area contributed by atoms with Gasteiger partial charge in [-0.1, -0.05) is 17.3 Å². The summed E-state index contributed by atoms with van der Waals surface area (Å²) in [4.78, 5) is 15.5. The van der Waals surface area contributed by atoms with Crippen molar-refractivity contribution in [2.24, 2.45) is 0 Å². The smallest absolute Gasteiger partial charge is 0.230 e. The standard InChI is InChI=1S/C14H14FN3O2/c1-16-13(19)7-12-17-14(20-18-12)11-6-10(11)8-2-4-9(15)5-3-8/h2-5,10-11H,6-7H2,1H3,(H,16,19)/t10-,11-/m1/s1. The first-order valence-electron chi connectivity index (χ1n) is 6.46. The summed E-state index contributed by atoms with van der Waals surface area (Å²) in [5.74, 6) is 1.03. The second-order valence-electron chi connectivity index (χ2n) is 4.90. The Morgan fingerprint density at radius 2 is 2.15 bits per heavy atom. The minimum atomic E-state index is -0.239. The van der Waals surface area contributed by atoms with Crippen molar-refractivity contribution >= 4 is 5.91 Å². The molecule has 1 saturated carbocycles. The highest BCUT2D eigenvalue weighted by Crippen LogP contribution is 2.53. The molecule has 6 heteroatoms. The third kappa shape index (κ3) is 2.54. The van der Waals surface area contributed by atoms with Crippen LogP contribution < -0.4 is 5.32 Å². The number of likely N-dealkylation sites (N-methyl/N-ethyl adjacent to an activating group) is 1. The van der Waals surface area contributed by atoms with Crippen LogP contribution in [0.2, 0.25) is 0 Å². The van der Waals surface area contributed by atoms with E-state index in [1.807, 2.05) is 0 Å². The lowest BCUT2D eigenvalue weighted by Crippen LogP contribution is -2.20. The highest BCUT2D eigenvalue weighted by molar-refractivity contribution is 5.77. The third-order valence-corrected chi connectivity index (χ3v) is 3.49. The number of rotatable bonds is 4. The average molecular weight is 275 g/mol. The second kappa shape index (κ2) is 5.03. The molecular weight excluding hydrogens is 261 g/mol. The summed E-state index contributed by atoms with van der Waals surface area (Å²) < 4.78 is 18.1. The van der Waals surface area contributed by atoms with Crippen LogP contribution in [0, 0.1) is 5.82 Å². The van der Waals surface area contributed by atoms with Crippen molar-refractivity contribution in [1.29, 1.82) is 0 Å². The van der Waals surface area contributed by atoms with Crippen LogP contribution >= 0.6 is 0 Å². The number of aromatic nitrogens is 2. The van der Waals surface area contributed by atoms with Gasteiger partial charge in [0.25, 0.3) is 0 Å². The van der Waals surface area contributed by atoms with Crippen molar-refractivity contribution in [3.05, 3.63) is 47.4 Å². The predicted molar refractivity (Wildman–Crippen MR) is 68.6 cm³/mol. The Hall–Kier alpha value is -2.24. The van der Waals surface area contributed by atoms with E-state index in [-0.39, 0.29) is 24.1 Å². The molecule has 104 valence electrons. The molecule has 1 amide bonds. The Labute approximate surface area is 115 Å². The van der Waals surface area contributed by atoms with Gasteiger partial charge in [0, 0.05) is 13.0 Å². The van der Waals surface area contributed by atoms with E-state index in [0.29, 0.717) is 17.6 Å². The van der Waals surface area contributed by atoms with Gasteiger partial charge in [0.1, 0.15) is 5.82 Å². The molecular formula is C14H14FN3O2. The van der Waals surface area contributed by atoms with Gasteiger partial charge >= 0.3 is 0 Å². The molecule has 0 aliphatic heterocycles. The van der Waals surface area contributed by atoms with E-state index < -0.39 is 0 Å². The van der Waals surface area contributed by atoms with Crippen LogP contribution in [0.4, 0.5) is 4.39 Å². The van der Waals surface area contributed by atoms with Crippen molar-refractivity contribution < 1.29 is 13.7 Å². The summed E-state index contributed by atoms with van der Waals surface area (Å²) >= 11 is 0. The SMILES string of the molecule is CNC(=O)Cc1noc([C@@H]2C[C@@H]2c2ccc(F)cc2)n1. The van der Waals surface area contributed by atoms with E-state index in [4.69, 9.17) is 4.52 Å². The number of nitrogens with zero attached hydrogens (tertiary/aromatic N) is 2. The molecule has 0 saturated heterocycles.